The van der Waals surface area contributed by atoms with E-state index in [-0.39, 0.29) is 0 Å². The Morgan fingerprint density at radius 3 is 2.38 bits per heavy atom. The number of hydrogen-bond donors (Lipinski definition) is 0. The molecule has 0 aromatic heterocycles. The number of benzene rings is 2. The van der Waals surface area contributed by atoms with E-state index < -0.39 is 11.6 Å². The molecule has 26 heavy (non-hydrogen) atoms. The van der Waals surface area contributed by atoms with E-state index in [1.54, 1.807) is 0 Å². The Bertz CT molecular complexity index is 738. The van der Waals surface area contributed by atoms with Gasteiger partial charge in [0.1, 0.15) is 24.0 Å². The minimum absolute atomic E-state index is 0.435. The smallest absolute Gasteiger partial charge is 0.126 e. The molecule has 0 radical (unpaired) electrons. The molecule has 0 unspecified atom stereocenters. The lowest BCUT2D eigenvalue weighted by Crippen LogP contribution is -2.38. The molecule has 1 aliphatic heterocycles. The highest BCUT2D eigenvalue weighted by Gasteiger charge is 2.13. The van der Waals surface area contributed by atoms with Crippen LogP contribution in [0.4, 0.5) is 8.78 Å². The van der Waals surface area contributed by atoms with Crippen molar-refractivity contribution in [2.45, 2.75) is 20.3 Å². The van der Waals surface area contributed by atoms with Gasteiger partial charge in [0.2, 0.25) is 0 Å². The summed E-state index contributed by atoms with van der Waals surface area (Å²) in [6.07, 6.45) is 0.435. The Kier molecular flexibility index (Phi) is 6.22. The van der Waals surface area contributed by atoms with E-state index in [0.29, 0.717) is 18.6 Å². The Balaban J connectivity index is 1.73. The second-order valence-corrected chi connectivity index (χ2v) is 6.83. The monoisotopic (exact) mass is 361 g/mol. The zero-order chi connectivity index (χ0) is 18.5. The highest BCUT2D eigenvalue weighted by Crippen LogP contribution is 2.28. The van der Waals surface area contributed by atoms with Gasteiger partial charge in [-0.1, -0.05) is 17.7 Å². The topological polar surface area (TPSA) is 21.7 Å². The summed E-state index contributed by atoms with van der Waals surface area (Å²) in [6.45, 7) is 8.81. The largest absolute Gasteiger partial charge is 0.492 e. The first-order chi connectivity index (χ1) is 12.5. The van der Waals surface area contributed by atoms with Crippen molar-refractivity contribution in [1.29, 1.82) is 0 Å². The predicted molar refractivity (Wildman–Crippen MR) is 97.8 cm³/mol. The molecule has 3 rings (SSSR count). The third-order valence-electron chi connectivity index (χ3n) is 4.57. The first-order valence-electron chi connectivity index (χ1n) is 8.99. The van der Waals surface area contributed by atoms with Crippen molar-refractivity contribution in [3.63, 3.8) is 0 Å². The van der Waals surface area contributed by atoms with Crippen LogP contribution < -0.4 is 4.74 Å². The van der Waals surface area contributed by atoms with Gasteiger partial charge in [-0.3, -0.25) is 4.90 Å². The number of aryl methyl sites for hydroxylation is 2. The molecule has 0 bridgehead atoms. The molecule has 0 spiro atoms. The van der Waals surface area contributed by atoms with Crippen LogP contribution in [0.2, 0.25) is 0 Å². The third kappa shape index (κ3) is 5.02. The van der Waals surface area contributed by atoms with E-state index in [9.17, 15) is 8.78 Å². The van der Waals surface area contributed by atoms with Gasteiger partial charge in [0, 0.05) is 32.1 Å². The first kappa shape index (κ1) is 18.8. The SMILES string of the molecule is Cc1cc(C)c(OCCN2CCOCC2)c(Cc2cc(F)cc(F)c2)c1. The molecule has 1 saturated heterocycles. The number of halogens is 2. The zero-order valence-electron chi connectivity index (χ0n) is 15.4. The number of hydrogen-bond acceptors (Lipinski definition) is 3. The van der Waals surface area contributed by atoms with Gasteiger partial charge >= 0.3 is 0 Å². The normalized spacial score (nSPS) is 15.2. The van der Waals surface area contributed by atoms with Crippen molar-refractivity contribution in [3.05, 3.63) is 64.2 Å². The Labute approximate surface area is 153 Å². The average molecular weight is 361 g/mol. The first-order valence-corrected chi connectivity index (χ1v) is 8.99. The van der Waals surface area contributed by atoms with Crippen LogP contribution >= 0.6 is 0 Å². The van der Waals surface area contributed by atoms with Gasteiger partial charge < -0.3 is 9.47 Å². The van der Waals surface area contributed by atoms with Crippen LogP contribution in [0.5, 0.6) is 5.75 Å². The molecule has 5 heteroatoms. The Morgan fingerprint density at radius 2 is 1.69 bits per heavy atom. The molecule has 0 amide bonds. The van der Waals surface area contributed by atoms with Gasteiger partial charge in [-0.15, -0.1) is 0 Å². The van der Waals surface area contributed by atoms with Crippen LogP contribution in [0.3, 0.4) is 0 Å². The quantitative estimate of drug-likeness (QED) is 0.779. The van der Waals surface area contributed by atoms with Crippen LogP contribution in [-0.4, -0.2) is 44.4 Å². The van der Waals surface area contributed by atoms with Gasteiger partial charge in [-0.05, 0) is 42.7 Å². The van der Waals surface area contributed by atoms with Crippen molar-refractivity contribution < 1.29 is 18.3 Å². The van der Waals surface area contributed by atoms with Crippen LogP contribution in [-0.2, 0) is 11.2 Å². The summed E-state index contributed by atoms with van der Waals surface area (Å²) in [6, 6.07) is 7.74. The molecule has 0 saturated carbocycles. The molecule has 0 aliphatic carbocycles. The summed E-state index contributed by atoms with van der Waals surface area (Å²) in [5.74, 6) is -0.299. The fraction of sp³-hybridized carbons (Fsp3) is 0.429. The molecular weight excluding hydrogens is 336 g/mol. The van der Waals surface area contributed by atoms with Crippen molar-refractivity contribution in [1.82, 2.24) is 4.90 Å². The van der Waals surface area contributed by atoms with Gasteiger partial charge in [0.25, 0.3) is 0 Å². The summed E-state index contributed by atoms with van der Waals surface area (Å²) in [5.41, 5.74) is 3.70. The maximum atomic E-state index is 13.5. The van der Waals surface area contributed by atoms with Crippen LogP contribution in [0, 0.1) is 25.5 Å². The highest BCUT2D eigenvalue weighted by molar-refractivity contribution is 5.46. The average Bonchev–Trinajstić information content (AvgIpc) is 2.57. The molecule has 1 heterocycles. The van der Waals surface area contributed by atoms with E-state index in [1.807, 2.05) is 19.9 Å². The number of morpholine rings is 1. The summed E-state index contributed by atoms with van der Waals surface area (Å²) in [5, 5.41) is 0. The minimum Gasteiger partial charge on any atom is -0.492 e. The van der Waals surface area contributed by atoms with E-state index in [4.69, 9.17) is 9.47 Å². The van der Waals surface area contributed by atoms with Gasteiger partial charge in [-0.2, -0.15) is 0 Å². The second kappa shape index (κ2) is 8.60. The molecule has 140 valence electrons. The predicted octanol–water partition coefficient (Wildman–Crippen LogP) is 3.88. The summed E-state index contributed by atoms with van der Waals surface area (Å²) in [7, 11) is 0. The second-order valence-electron chi connectivity index (χ2n) is 6.83. The summed E-state index contributed by atoms with van der Waals surface area (Å²) in [4.78, 5) is 2.31. The molecule has 2 aromatic rings. The molecule has 2 aromatic carbocycles. The van der Waals surface area contributed by atoms with E-state index >= 15 is 0 Å². The van der Waals surface area contributed by atoms with Crippen LogP contribution in [0.1, 0.15) is 22.3 Å². The van der Waals surface area contributed by atoms with E-state index in [0.717, 1.165) is 61.4 Å². The number of rotatable bonds is 6. The maximum Gasteiger partial charge on any atom is 0.126 e. The fourth-order valence-electron chi connectivity index (χ4n) is 3.41. The summed E-state index contributed by atoms with van der Waals surface area (Å²) >= 11 is 0. The molecule has 0 atom stereocenters. The third-order valence-corrected chi connectivity index (χ3v) is 4.57. The lowest BCUT2D eigenvalue weighted by Gasteiger charge is -2.26. The molecule has 1 aliphatic rings. The van der Waals surface area contributed by atoms with E-state index in [1.165, 1.54) is 12.1 Å². The molecule has 3 nitrogen and oxygen atoms in total. The lowest BCUT2D eigenvalue weighted by molar-refractivity contribution is 0.0321. The Hall–Kier alpha value is -1.98. The van der Waals surface area contributed by atoms with E-state index in [2.05, 4.69) is 11.0 Å². The lowest BCUT2D eigenvalue weighted by atomic mass is 9.99. The van der Waals surface area contributed by atoms with Crippen molar-refractivity contribution in [3.8, 4) is 5.75 Å². The minimum atomic E-state index is -0.556. The standard InChI is InChI=1S/C21H25F2NO2/c1-15-9-16(2)21(26-8-5-24-3-6-25-7-4-24)18(10-15)11-17-12-19(22)14-20(23)13-17/h9-10,12-14H,3-8,11H2,1-2H3. The zero-order valence-corrected chi connectivity index (χ0v) is 15.4. The number of nitrogens with zero attached hydrogens (tertiary/aromatic N) is 1. The molecular formula is C21H25F2NO2. The van der Waals surface area contributed by atoms with Gasteiger partial charge in [0.05, 0.1) is 13.2 Å². The fourth-order valence-corrected chi connectivity index (χ4v) is 3.41. The van der Waals surface area contributed by atoms with Crippen LogP contribution in [0.25, 0.3) is 0 Å². The number of ether oxygens (including phenoxy) is 2. The molecule has 1 fully saturated rings. The van der Waals surface area contributed by atoms with Gasteiger partial charge in [0.15, 0.2) is 0 Å². The van der Waals surface area contributed by atoms with Crippen LogP contribution in [0.15, 0.2) is 30.3 Å². The van der Waals surface area contributed by atoms with Crippen molar-refractivity contribution in [2.24, 2.45) is 0 Å². The maximum absolute atomic E-state index is 13.5. The van der Waals surface area contributed by atoms with Crippen molar-refractivity contribution in [2.75, 3.05) is 39.5 Å². The Morgan fingerprint density at radius 1 is 1.00 bits per heavy atom. The van der Waals surface area contributed by atoms with Crippen molar-refractivity contribution >= 4 is 0 Å². The summed E-state index contributed by atoms with van der Waals surface area (Å²) < 4.78 is 38.5. The molecule has 0 N–H and O–H groups in total. The highest BCUT2D eigenvalue weighted by atomic mass is 19.1. The van der Waals surface area contributed by atoms with Gasteiger partial charge in [-0.25, -0.2) is 8.78 Å².